The fourth-order valence-corrected chi connectivity index (χ4v) is 5.22. The van der Waals surface area contributed by atoms with Crippen LogP contribution in [0.15, 0.2) is 66.7 Å². The number of ether oxygens (including phenoxy) is 1. The van der Waals surface area contributed by atoms with Gasteiger partial charge in [-0.25, -0.2) is 4.79 Å². The van der Waals surface area contributed by atoms with Gasteiger partial charge < -0.3 is 15.2 Å². The van der Waals surface area contributed by atoms with Gasteiger partial charge in [-0.15, -0.1) is 0 Å². The van der Waals surface area contributed by atoms with Gasteiger partial charge in [0.15, 0.2) is 0 Å². The molecule has 0 saturated heterocycles. The van der Waals surface area contributed by atoms with Gasteiger partial charge in [-0.05, 0) is 65.3 Å². The van der Waals surface area contributed by atoms with Crippen LogP contribution in [0.1, 0.15) is 61.2 Å². The highest BCUT2D eigenvalue weighted by Gasteiger charge is 2.50. The van der Waals surface area contributed by atoms with Crippen molar-refractivity contribution >= 4 is 29.2 Å². The number of carbonyl (C=O) groups excluding carboxylic acids is 2. The summed E-state index contributed by atoms with van der Waals surface area (Å²) in [6, 6.07) is 19.9. The molecule has 38 heavy (non-hydrogen) atoms. The Morgan fingerprint density at radius 1 is 1.03 bits per heavy atom. The summed E-state index contributed by atoms with van der Waals surface area (Å²) in [5.41, 5.74) is 2.33. The third-order valence-electron chi connectivity index (χ3n) is 7.07. The van der Waals surface area contributed by atoms with Crippen molar-refractivity contribution in [3.63, 3.8) is 0 Å². The minimum atomic E-state index is -1.50. The summed E-state index contributed by atoms with van der Waals surface area (Å²) >= 11 is 0. The maximum absolute atomic E-state index is 14.3. The molecule has 0 aliphatic carbocycles. The first kappa shape index (κ1) is 26.9. The molecule has 3 aromatic carbocycles. The minimum absolute atomic E-state index is 0.152. The van der Waals surface area contributed by atoms with E-state index in [1.165, 1.54) is 11.8 Å². The molecule has 198 valence electrons. The lowest BCUT2D eigenvalue weighted by molar-refractivity contribution is -0.143. The number of carboxylic acid groups (broad SMARTS) is 1. The lowest BCUT2D eigenvalue weighted by atomic mass is 9.78. The van der Waals surface area contributed by atoms with Gasteiger partial charge >= 0.3 is 5.97 Å². The molecule has 3 aromatic rings. The molecule has 1 atom stereocenters. The number of hydrogen-bond acceptors (Lipinski definition) is 4. The first-order valence-electron chi connectivity index (χ1n) is 12.7. The highest BCUT2D eigenvalue weighted by molar-refractivity contribution is 6.12. The van der Waals surface area contributed by atoms with E-state index in [2.05, 4.69) is 26.1 Å². The molecular weight excluding hydrogens is 480 g/mol. The molecule has 7 nitrogen and oxygen atoms in total. The number of rotatable bonds is 6. The molecule has 0 fully saturated rings. The first-order chi connectivity index (χ1) is 18.0. The smallest absolute Gasteiger partial charge is 0.330 e. The van der Waals surface area contributed by atoms with Gasteiger partial charge in [0.05, 0.1) is 7.11 Å². The van der Waals surface area contributed by atoms with E-state index in [9.17, 15) is 19.5 Å². The maximum Gasteiger partial charge on any atom is 0.330 e. The number of carboxylic acids is 1. The van der Waals surface area contributed by atoms with E-state index < -0.39 is 17.4 Å². The number of methoxy groups -OCH3 is 1. The van der Waals surface area contributed by atoms with Crippen molar-refractivity contribution in [2.45, 2.75) is 57.9 Å². The summed E-state index contributed by atoms with van der Waals surface area (Å²) in [4.78, 5) is 40.4. The molecular formula is C31H34N2O5. The van der Waals surface area contributed by atoms with Crippen molar-refractivity contribution in [3.8, 4) is 5.75 Å². The minimum Gasteiger partial charge on any atom is -0.496 e. The summed E-state index contributed by atoms with van der Waals surface area (Å²) in [7, 11) is 1.57. The average Bonchev–Trinajstić information content (AvgIpc) is 2.87. The Morgan fingerprint density at radius 3 is 2.34 bits per heavy atom. The number of amides is 2. The molecule has 2 N–H and O–H groups in total. The number of carbonyl (C=O) groups is 3. The molecule has 2 amide bonds. The topological polar surface area (TPSA) is 95.9 Å². The van der Waals surface area contributed by atoms with Gasteiger partial charge in [-0.3, -0.25) is 14.5 Å². The summed E-state index contributed by atoms with van der Waals surface area (Å²) in [5.74, 6) is -1.12. The molecule has 7 heteroatoms. The Balaban J connectivity index is 1.89. The van der Waals surface area contributed by atoms with E-state index in [4.69, 9.17) is 4.74 Å². The fourth-order valence-electron chi connectivity index (χ4n) is 5.22. The molecule has 0 saturated carbocycles. The van der Waals surface area contributed by atoms with E-state index in [0.717, 1.165) is 16.7 Å². The summed E-state index contributed by atoms with van der Waals surface area (Å²) < 4.78 is 5.64. The lowest BCUT2D eigenvalue weighted by Crippen LogP contribution is -2.61. The van der Waals surface area contributed by atoms with E-state index in [-0.39, 0.29) is 24.2 Å². The molecule has 1 unspecified atom stereocenters. The number of aryl methyl sites for hydroxylation is 1. The zero-order valence-corrected chi connectivity index (χ0v) is 22.5. The standard InChI is InChI=1S/C31H34N2O5/c1-20(34)32-24-12-14-26-22(17-24)15-16-31(29(36)37,19-21-9-7-6-8-10-21)33(26)28(35)23-11-13-25(30(2,3)4)27(18-23)38-5/h6-14,17-18H,15-16,19H2,1-5H3,(H,32,34)(H,36,37). The van der Waals surface area contributed by atoms with Crippen molar-refractivity contribution < 1.29 is 24.2 Å². The Morgan fingerprint density at radius 2 is 1.74 bits per heavy atom. The molecule has 1 aliphatic heterocycles. The van der Waals surface area contributed by atoms with Crippen LogP contribution in [-0.2, 0) is 27.8 Å². The molecule has 0 aromatic heterocycles. The number of nitrogens with one attached hydrogen (secondary N) is 1. The SMILES string of the molecule is COc1cc(C(=O)N2c3ccc(NC(C)=O)cc3CCC2(Cc2ccccc2)C(=O)O)ccc1C(C)(C)C. The van der Waals surface area contributed by atoms with Gasteiger partial charge in [0.25, 0.3) is 5.91 Å². The van der Waals surface area contributed by atoms with Gasteiger partial charge in [-0.2, -0.15) is 0 Å². The average molecular weight is 515 g/mol. The molecule has 1 heterocycles. The van der Waals surface area contributed by atoms with Crippen LogP contribution in [0, 0.1) is 0 Å². The Labute approximate surface area is 223 Å². The highest BCUT2D eigenvalue weighted by atomic mass is 16.5. The van der Waals surface area contributed by atoms with E-state index in [1.807, 2.05) is 42.5 Å². The zero-order chi connectivity index (χ0) is 27.7. The zero-order valence-electron chi connectivity index (χ0n) is 22.5. The second kappa shape index (κ2) is 10.3. The molecule has 4 rings (SSSR count). The van der Waals surface area contributed by atoms with Crippen LogP contribution in [0.25, 0.3) is 0 Å². The number of nitrogens with zero attached hydrogens (tertiary/aromatic N) is 1. The Kier molecular flexibility index (Phi) is 7.31. The van der Waals surface area contributed by atoms with Crippen molar-refractivity contribution in [1.29, 1.82) is 0 Å². The summed E-state index contributed by atoms with van der Waals surface area (Å²) in [5, 5.41) is 13.5. The van der Waals surface area contributed by atoms with Crippen LogP contribution in [0.5, 0.6) is 5.75 Å². The predicted molar refractivity (Wildman–Crippen MR) is 148 cm³/mol. The van der Waals surface area contributed by atoms with Crippen LogP contribution >= 0.6 is 0 Å². The second-order valence-corrected chi connectivity index (χ2v) is 10.8. The number of benzene rings is 3. The third kappa shape index (κ3) is 5.14. The number of anilines is 2. The van der Waals surface area contributed by atoms with Crippen molar-refractivity contribution in [1.82, 2.24) is 0 Å². The number of hydrogen-bond donors (Lipinski definition) is 2. The van der Waals surface area contributed by atoms with Crippen LogP contribution in [0.4, 0.5) is 11.4 Å². The van der Waals surface area contributed by atoms with E-state index >= 15 is 0 Å². The van der Waals surface area contributed by atoms with Gasteiger partial charge in [0, 0.05) is 30.3 Å². The molecule has 0 radical (unpaired) electrons. The fraction of sp³-hybridized carbons (Fsp3) is 0.323. The lowest BCUT2D eigenvalue weighted by Gasteiger charge is -2.45. The molecule has 0 bridgehead atoms. The van der Waals surface area contributed by atoms with Crippen molar-refractivity contribution in [2.24, 2.45) is 0 Å². The normalized spacial score (nSPS) is 16.9. The highest BCUT2D eigenvalue weighted by Crippen LogP contribution is 2.42. The van der Waals surface area contributed by atoms with Crippen LogP contribution in [-0.4, -0.2) is 35.5 Å². The van der Waals surface area contributed by atoms with Crippen LogP contribution < -0.4 is 15.0 Å². The Bertz CT molecular complexity index is 1380. The number of fused-ring (bicyclic) bond motifs is 1. The molecule has 1 aliphatic rings. The largest absolute Gasteiger partial charge is 0.496 e. The molecule has 0 spiro atoms. The quantitative estimate of drug-likeness (QED) is 0.446. The second-order valence-electron chi connectivity index (χ2n) is 10.8. The predicted octanol–water partition coefficient (Wildman–Crippen LogP) is 5.61. The van der Waals surface area contributed by atoms with Crippen molar-refractivity contribution in [2.75, 3.05) is 17.3 Å². The van der Waals surface area contributed by atoms with Crippen molar-refractivity contribution in [3.05, 3.63) is 89.0 Å². The van der Waals surface area contributed by atoms with Gasteiger partial charge in [0.1, 0.15) is 11.3 Å². The van der Waals surface area contributed by atoms with Crippen LogP contribution in [0.2, 0.25) is 0 Å². The van der Waals surface area contributed by atoms with E-state index in [0.29, 0.717) is 29.1 Å². The monoisotopic (exact) mass is 514 g/mol. The van der Waals surface area contributed by atoms with Gasteiger partial charge in [-0.1, -0.05) is 57.2 Å². The third-order valence-corrected chi connectivity index (χ3v) is 7.07. The number of aliphatic carboxylic acids is 1. The summed E-state index contributed by atoms with van der Waals surface area (Å²) in [6.07, 6.45) is 0.813. The maximum atomic E-state index is 14.3. The summed E-state index contributed by atoms with van der Waals surface area (Å²) in [6.45, 7) is 7.62. The van der Waals surface area contributed by atoms with Gasteiger partial charge in [0.2, 0.25) is 5.91 Å². The first-order valence-corrected chi connectivity index (χ1v) is 12.7. The van der Waals surface area contributed by atoms with Crippen LogP contribution in [0.3, 0.4) is 0 Å². The van der Waals surface area contributed by atoms with E-state index in [1.54, 1.807) is 31.4 Å². The Hall–Kier alpha value is -4.13.